The van der Waals surface area contributed by atoms with E-state index in [9.17, 15) is 4.79 Å². The van der Waals surface area contributed by atoms with Crippen molar-refractivity contribution >= 4 is 5.91 Å². The van der Waals surface area contributed by atoms with Crippen molar-refractivity contribution in [3.8, 4) is 5.75 Å². The first-order valence-electron chi connectivity index (χ1n) is 7.45. The maximum absolute atomic E-state index is 12.3. The van der Waals surface area contributed by atoms with Gasteiger partial charge in [0.15, 0.2) is 0 Å². The van der Waals surface area contributed by atoms with E-state index < -0.39 is 0 Å². The van der Waals surface area contributed by atoms with Gasteiger partial charge in [-0.25, -0.2) is 0 Å². The maximum atomic E-state index is 12.3. The zero-order valence-corrected chi connectivity index (χ0v) is 13.9. The summed E-state index contributed by atoms with van der Waals surface area (Å²) in [5.74, 6) is 1.04. The van der Waals surface area contributed by atoms with E-state index in [-0.39, 0.29) is 23.5 Å². The highest BCUT2D eigenvalue weighted by Gasteiger charge is 2.39. The van der Waals surface area contributed by atoms with Crippen LogP contribution in [0, 0.1) is 12.3 Å². The third-order valence-corrected chi connectivity index (χ3v) is 4.42. The molecule has 2 unspecified atom stereocenters. The zero-order chi connectivity index (χ0) is 15.8. The van der Waals surface area contributed by atoms with Crippen molar-refractivity contribution in [1.82, 2.24) is 10.2 Å². The molecular formula is C17H26N2O2. The lowest BCUT2D eigenvalue weighted by Gasteiger charge is -2.38. The normalized spacial score (nSPS) is 20.8. The second-order valence-electron chi connectivity index (χ2n) is 6.86. The quantitative estimate of drug-likeness (QED) is 0.930. The van der Waals surface area contributed by atoms with Crippen LogP contribution in [-0.2, 0) is 4.79 Å². The van der Waals surface area contributed by atoms with E-state index in [1.54, 1.807) is 7.11 Å². The molecule has 4 nitrogen and oxygen atoms in total. The number of rotatable bonds is 3. The van der Waals surface area contributed by atoms with Crippen molar-refractivity contribution < 1.29 is 9.53 Å². The minimum absolute atomic E-state index is 0.0431. The predicted octanol–water partition coefficient (Wildman–Crippen LogP) is 2.87. The van der Waals surface area contributed by atoms with Crippen LogP contribution in [0.2, 0.25) is 0 Å². The van der Waals surface area contributed by atoms with E-state index in [0.717, 1.165) is 16.9 Å². The minimum atomic E-state index is -0.0590. The van der Waals surface area contributed by atoms with Gasteiger partial charge in [0.2, 0.25) is 5.91 Å². The second kappa shape index (κ2) is 5.68. The van der Waals surface area contributed by atoms with Gasteiger partial charge >= 0.3 is 0 Å². The van der Waals surface area contributed by atoms with Gasteiger partial charge in [-0.1, -0.05) is 26.8 Å². The van der Waals surface area contributed by atoms with Crippen LogP contribution in [0.4, 0.5) is 0 Å². The van der Waals surface area contributed by atoms with Crippen molar-refractivity contribution in [2.45, 2.75) is 46.8 Å². The monoisotopic (exact) mass is 290 g/mol. The van der Waals surface area contributed by atoms with Crippen LogP contribution in [0.3, 0.4) is 0 Å². The topological polar surface area (TPSA) is 41.6 Å². The fourth-order valence-corrected chi connectivity index (χ4v) is 2.72. The molecule has 0 radical (unpaired) electrons. The van der Waals surface area contributed by atoms with Crippen molar-refractivity contribution in [2.75, 3.05) is 13.7 Å². The number of nitrogens with zero attached hydrogens (tertiary/aromatic N) is 1. The molecule has 1 aromatic rings. The molecule has 2 rings (SSSR count). The van der Waals surface area contributed by atoms with E-state index in [1.165, 1.54) is 0 Å². The number of carbonyl (C=O) groups is 1. The first-order valence-corrected chi connectivity index (χ1v) is 7.45. The highest BCUT2D eigenvalue weighted by atomic mass is 16.5. The van der Waals surface area contributed by atoms with Gasteiger partial charge in [0.05, 0.1) is 13.7 Å². The molecule has 1 aliphatic heterocycles. The molecule has 116 valence electrons. The molecule has 21 heavy (non-hydrogen) atoms. The average Bonchev–Trinajstić information content (AvgIpc) is 2.78. The van der Waals surface area contributed by atoms with Crippen molar-refractivity contribution in [2.24, 2.45) is 5.41 Å². The van der Waals surface area contributed by atoms with Gasteiger partial charge in [-0.05, 0) is 42.5 Å². The fourth-order valence-electron chi connectivity index (χ4n) is 2.72. The van der Waals surface area contributed by atoms with Gasteiger partial charge in [0, 0.05) is 6.04 Å². The Balaban J connectivity index is 2.34. The lowest BCUT2D eigenvalue weighted by molar-refractivity contribution is -0.132. The molecule has 0 aliphatic carbocycles. The summed E-state index contributed by atoms with van der Waals surface area (Å²) in [6.07, 6.45) is -0.0590. The van der Waals surface area contributed by atoms with Gasteiger partial charge in [0.25, 0.3) is 0 Å². The highest BCUT2D eigenvalue weighted by molar-refractivity contribution is 5.81. The SMILES string of the molecule is COc1ccc(C2NCC(=O)N2C(C)C(C)(C)C)cc1C. The molecule has 0 spiro atoms. The summed E-state index contributed by atoms with van der Waals surface area (Å²) in [4.78, 5) is 14.3. The number of ether oxygens (including phenoxy) is 1. The van der Waals surface area contributed by atoms with Crippen molar-refractivity contribution in [3.05, 3.63) is 29.3 Å². The van der Waals surface area contributed by atoms with Crippen LogP contribution < -0.4 is 10.1 Å². The predicted molar refractivity (Wildman–Crippen MR) is 84.2 cm³/mol. The van der Waals surface area contributed by atoms with Crippen LogP contribution in [-0.4, -0.2) is 30.5 Å². The zero-order valence-electron chi connectivity index (χ0n) is 13.9. The Morgan fingerprint density at radius 1 is 1.38 bits per heavy atom. The second-order valence-corrected chi connectivity index (χ2v) is 6.86. The third kappa shape index (κ3) is 3.05. The molecule has 1 saturated heterocycles. The molecule has 1 fully saturated rings. The molecule has 2 atom stereocenters. The number of carbonyl (C=O) groups excluding carboxylic acids is 1. The van der Waals surface area contributed by atoms with Gasteiger partial charge in [-0.3, -0.25) is 10.1 Å². The average molecular weight is 290 g/mol. The molecule has 1 heterocycles. The maximum Gasteiger partial charge on any atom is 0.238 e. The largest absolute Gasteiger partial charge is 0.496 e. The van der Waals surface area contributed by atoms with Crippen LogP contribution in [0.25, 0.3) is 0 Å². The summed E-state index contributed by atoms with van der Waals surface area (Å²) < 4.78 is 5.31. The van der Waals surface area contributed by atoms with Gasteiger partial charge in [-0.15, -0.1) is 0 Å². The number of aryl methyl sites for hydroxylation is 1. The summed E-state index contributed by atoms with van der Waals surface area (Å²) >= 11 is 0. The Hall–Kier alpha value is -1.55. The molecule has 1 N–H and O–H groups in total. The smallest absolute Gasteiger partial charge is 0.238 e. The molecule has 0 saturated carbocycles. The summed E-state index contributed by atoms with van der Waals surface area (Å²) in [5, 5.41) is 3.33. The van der Waals surface area contributed by atoms with E-state index >= 15 is 0 Å². The minimum Gasteiger partial charge on any atom is -0.496 e. The molecule has 1 aromatic carbocycles. The number of methoxy groups -OCH3 is 1. The van der Waals surface area contributed by atoms with Gasteiger partial charge in [-0.2, -0.15) is 0 Å². The summed E-state index contributed by atoms with van der Waals surface area (Å²) in [6, 6.07) is 6.25. The van der Waals surface area contributed by atoms with Crippen molar-refractivity contribution in [3.63, 3.8) is 0 Å². The highest BCUT2D eigenvalue weighted by Crippen LogP contribution is 2.33. The Bertz CT molecular complexity index is 534. The number of nitrogens with one attached hydrogen (secondary N) is 1. The third-order valence-electron chi connectivity index (χ3n) is 4.42. The van der Waals surface area contributed by atoms with Gasteiger partial charge in [0.1, 0.15) is 11.9 Å². The Morgan fingerprint density at radius 3 is 2.57 bits per heavy atom. The first-order chi connectivity index (χ1) is 9.75. The summed E-state index contributed by atoms with van der Waals surface area (Å²) in [5.41, 5.74) is 2.23. The molecule has 4 heteroatoms. The van der Waals surface area contributed by atoms with Gasteiger partial charge < -0.3 is 9.64 Å². The number of amides is 1. The van der Waals surface area contributed by atoms with Crippen LogP contribution in [0.5, 0.6) is 5.75 Å². The molecule has 1 amide bonds. The number of hydrogen-bond acceptors (Lipinski definition) is 3. The van der Waals surface area contributed by atoms with Crippen LogP contribution in [0.15, 0.2) is 18.2 Å². The van der Waals surface area contributed by atoms with Crippen molar-refractivity contribution in [1.29, 1.82) is 0 Å². The van der Waals surface area contributed by atoms with Crippen LogP contribution >= 0.6 is 0 Å². The van der Waals surface area contributed by atoms with E-state index in [1.807, 2.05) is 24.0 Å². The van der Waals surface area contributed by atoms with E-state index in [2.05, 4.69) is 39.1 Å². The fraction of sp³-hybridized carbons (Fsp3) is 0.588. The van der Waals surface area contributed by atoms with Crippen LogP contribution in [0.1, 0.15) is 45.0 Å². The van der Waals surface area contributed by atoms with E-state index in [0.29, 0.717) is 6.54 Å². The van der Waals surface area contributed by atoms with E-state index in [4.69, 9.17) is 4.74 Å². The molecule has 0 aromatic heterocycles. The first kappa shape index (κ1) is 15.8. The lowest BCUT2D eigenvalue weighted by Crippen LogP contribution is -2.45. The lowest BCUT2D eigenvalue weighted by atomic mass is 9.86. The number of benzene rings is 1. The molecule has 0 bridgehead atoms. The number of hydrogen-bond donors (Lipinski definition) is 1. The molecular weight excluding hydrogens is 264 g/mol. The Kier molecular flexibility index (Phi) is 4.28. The summed E-state index contributed by atoms with van der Waals surface area (Å²) in [6.45, 7) is 11.0. The Morgan fingerprint density at radius 2 is 2.05 bits per heavy atom. The molecule has 1 aliphatic rings. The Labute approximate surface area is 127 Å². The summed E-state index contributed by atoms with van der Waals surface area (Å²) in [7, 11) is 1.67. The standard InChI is InChI=1S/C17H26N2O2/c1-11-9-13(7-8-14(11)21-6)16-18-10-15(20)19(16)12(2)17(3,4)5/h7-9,12,16,18H,10H2,1-6H3.